The molecule has 0 spiro atoms. The Bertz CT molecular complexity index is 3670. The Morgan fingerprint density at radius 3 is 1.11 bits per heavy atom. The average Bonchev–Trinajstić information content (AvgIpc) is 3.87. The highest BCUT2D eigenvalue weighted by atomic mass is 15.1. The van der Waals surface area contributed by atoms with E-state index in [0.717, 1.165) is 11.4 Å². The standard InChI is InChI=1S/C70H51N/c1-69(2)62-31-19-18-30-60(62)66-64(69)47-65-67(61-46-55(50-24-12-5-13-25-50)40-45-63(61)70(65,56-26-14-6-15-27-56)57-28-16-7-17-29-57)68(66)71(58-41-36-53(37-42-58)49-22-10-4-11-23-49)59-43-38-54(39-44-59)52-34-32-51(33-35-52)48-20-8-3-9-21-48/h3-47H,1-2H3. The average molecular weight is 906 g/mol. The fraction of sp³-hybridized carbons (Fsp3) is 0.0571. The van der Waals surface area contributed by atoms with Crippen LogP contribution in [0.15, 0.2) is 273 Å². The summed E-state index contributed by atoms with van der Waals surface area (Å²) in [5.41, 5.74) is 24.9. The molecular weight excluding hydrogens is 855 g/mol. The van der Waals surface area contributed by atoms with Gasteiger partial charge in [0.25, 0.3) is 0 Å². The van der Waals surface area contributed by atoms with E-state index in [2.05, 4.69) is 292 Å². The first-order valence-electron chi connectivity index (χ1n) is 24.8. The number of rotatable bonds is 9. The van der Waals surface area contributed by atoms with Gasteiger partial charge in [-0.05, 0) is 119 Å². The van der Waals surface area contributed by atoms with Crippen molar-refractivity contribution in [3.63, 3.8) is 0 Å². The molecule has 0 unspecified atom stereocenters. The zero-order chi connectivity index (χ0) is 47.5. The minimum Gasteiger partial charge on any atom is -0.309 e. The monoisotopic (exact) mass is 905 g/mol. The number of hydrogen-bond acceptors (Lipinski definition) is 1. The molecular formula is C70H51N. The maximum atomic E-state index is 2.61. The molecule has 0 aliphatic heterocycles. The zero-order valence-corrected chi connectivity index (χ0v) is 39.9. The van der Waals surface area contributed by atoms with Gasteiger partial charge in [-0.2, -0.15) is 0 Å². The third kappa shape index (κ3) is 6.84. The molecule has 0 amide bonds. The largest absolute Gasteiger partial charge is 0.309 e. The molecule has 0 N–H and O–H groups in total. The summed E-state index contributed by atoms with van der Waals surface area (Å²) in [7, 11) is 0. The molecule has 1 heteroatoms. The minimum atomic E-state index is -0.629. The van der Waals surface area contributed by atoms with Gasteiger partial charge in [0.2, 0.25) is 0 Å². The van der Waals surface area contributed by atoms with E-state index in [1.54, 1.807) is 0 Å². The van der Waals surface area contributed by atoms with Crippen LogP contribution in [0.25, 0.3) is 66.8 Å². The molecule has 1 nitrogen and oxygen atoms in total. The van der Waals surface area contributed by atoms with Gasteiger partial charge >= 0.3 is 0 Å². The fourth-order valence-corrected chi connectivity index (χ4v) is 11.9. The van der Waals surface area contributed by atoms with Crippen LogP contribution in [-0.4, -0.2) is 0 Å². The van der Waals surface area contributed by atoms with E-state index in [1.807, 2.05) is 0 Å². The van der Waals surface area contributed by atoms with Crippen molar-refractivity contribution in [2.45, 2.75) is 24.7 Å². The van der Waals surface area contributed by atoms with Crippen LogP contribution in [-0.2, 0) is 10.8 Å². The van der Waals surface area contributed by atoms with Crippen molar-refractivity contribution in [1.82, 2.24) is 0 Å². The zero-order valence-electron chi connectivity index (χ0n) is 39.9. The van der Waals surface area contributed by atoms with E-state index in [4.69, 9.17) is 0 Å². The summed E-state index contributed by atoms with van der Waals surface area (Å²) >= 11 is 0. The lowest BCUT2D eigenvalue weighted by molar-refractivity contribution is 0.656. The molecule has 0 saturated heterocycles. The van der Waals surface area contributed by atoms with Gasteiger partial charge < -0.3 is 4.90 Å². The summed E-state index contributed by atoms with van der Waals surface area (Å²) in [6.45, 7) is 4.85. The number of anilines is 3. The van der Waals surface area contributed by atoms with Gasteiger partial charge in [-0.1, -0.05) is 257 Å². The number of hydrogen-bond donors (Lipinski definition) is 0. The van der Waals surface area contributed by atoms with Crippen LogP contribution in [0.5, 0.6) is 0 Å². The summed E-state index contributed by atoms with van der Waals surface area (Å²) in [6, 6.07) is 101. The van der Waals surface area contributed by atoms with Gasteiger partial charge in [-0.3, -0.25) is 0 Å². The van der Waals surface area contributed by atoms with E-state index < -0.39 is 5.41 Å². The molecule has 13 rings (SSSR count). The smallest absolute Gasteiger partial charge is 0.0714 e. The summed E-state index contributed by atoms with van der Waals surface area (Å²) in [5.74, 6) is 0. The summed E-state index contributed by atoms with van der Waals surface area (Å²) in [6.07, 6.45) is 0. The van der Waals surface area contributed by atoms with Crippen LogP contribution in [0.3, 0.4) is 0 Å². The molecule has 2 aliphatic carbocycles. The second kappa shape index (κ2) is 17.0. The first kappa shape index (κ1) is 42.3. The molecule has 0 aromatic heterocycles. The predicted molar refractivity (Wildman–Crippen MR) is 298 cm³/mol. The third-order valence-corrected chi connectivity index (χ3v) is 15.4. The third-order valence-electron chi connectivity index (χ3n) is 15.4. The van der Waals surface area contributed by atoms with E-state index in [1.165, 1.54) is 106 Å². The van der Waals surface area contributed by atoms with Crippen LogP contribution in [0.2, 0.25) is 0 Å². The van der Waals surface area contributed by atoms with E-state index >= 15 is 0 Å². The quantitative estimate of drug-likeness (QED) is 0.139. The van der Waals surface area contributed by atoms with Gasteiger partial charge in [-0.25, -0.2) is 0 Å². The molecule has 0 heterocycles. The maximum absolute atomic E-state index is 2.61. The van der Waals surface area contributed by atoms with Crippen molar-refractivity contribution < 1.29 is 0 Å². The topological polar surface area (TPSA) is 3.24 Å². The second-order valence-corrected chi connectivity index (χ2v) is 19.6. The summed E-state index contributed by atoms with van der Waals surface area (Å²) < 4.78 is 0. The Labute approximate surface area is 417 Å². The van der Waals surface area contributed by atoms with Gasteiger partial charge in [0.05, 0.1) is 11.1 Å². The Balaban J connectivity index is 1.13. The molecule has 0 bridgehead atoms. The molecule has 336 valence electrons. The number of benzene rings is 11. The molecule has 0 fully saturated rings. The van der Waals surface area contributed by atoms with Crippen molar-refractivity contribution >= 4 is 17.1 Å². The van der Waals surface area contributed by atoms with Crippen LogP contribution >= 0.6 is 0 Å². The first-order chi connectivity index (χ1) is 35.0. The van der Waals surface area contributed by atoms with Crippen LogP contribution < -0.4 is 4.90 Å². The lowest BCUT2D eigenvalue weighted by Crippen LogP contribution is -2.29. The Morgan fingerprint density at radius 1 is 0.268 bits per heavy atom. The van der Waals surface area contributed by atoms with E-state index in [9.17, 15) is 0 Å². The minimum absolute atomic E-state index is 0.294. The van der Waals surface area contributed by atoms with Crippen molar-refractivity contribution in [3.05, 3.63) is 306 Å². The van der Waals surface area contributed by atoms with Gasteiger partial charge in [-0.15, -0.1) is 0 Å². The molecule has 0 radical (unpaired) electrons. The van der Waals surface area contributed by atoms with Gasteiger partial charge in [0, 0.05) is 27.9 Å². The molecule has 0 saturated carbocycles. The molecule has 0 atom stereocenters. The molecule has 2 aliphatic rings. The lowest BCUT2D eigenvalue weighted by atomic mass is 9.66. The van der Waals surface area contributed by atoms with E-state index in [-0.39, 0.29) is 5.41 Å². The van der Waals surface area contributed by atoms with Crippen LogP contribution in [0.1, 0.15) is 47.2 Å². The Hall–Kier alpha value is -8.78. The SMILES string of the molecule is CC1(C)c2ccccc2-c2c1cc1c(c2N(c2ccc(-c3ccccc3)cc2)c2ccc(-c3ccc(-c4ccccc4)cc3)cc2)-c2cc(-c3ccccc3)ccc2C1(c1ccccc1)c1ccccc1. The summed E-state index contributed by atoms with van der Waals surface area (Å²) in [5, 5.41) is 0. The van der Waals surface area contributed by atoms with Crippen LogP contribution in [0, 0.1) is 0 Å². The molecule has 11 aromatic rings. The van der Waals surface area contributed by atoms with Crippen molar-refractivity contribution in [3.8, 4) is 66.8 Å². The van der Waals surface area contributed by atoms with Crippen molar-refractivity contribution in [1.29, 1.82) is 0 Å². The van der Waals surface area contributed by atoms with E-state index in [0.29, 0.717) is 0 Å². The second-order valence-electron chi connectivity index (χ2n) is 19.6. The predicted octanol–water partition coefficient (Wildman–Crippen LogP) is 18.5. The number of nitrogens with zero attached hydrogens (tertiary/aromatic N) is 1. The lowest BCUT2D eigenvalue weighted by Gasteiger charge is -2.36. The Kier molecular flexibility index (Phi) is 10.1. The maximum Gasteiger partial charge on any atom is 0.0714 e. The van der Waals surface area contributed by atoms with Crippen molar-refractivity contribution in [2.75, 3.05) is 4.90 Å². The Morgan fingerprint density at radius 2 is 0.634 bits per heavy atom. The molecule has 71 heavy (non-hydrogen) atoms. The van der Waals surface area contributed by atoms with Crippen molar-refractivity contribution in [2.24, 2.45) is 0 Å². The molecule has 11 aromatic carbocycles. The highest BCUT2D eigenvalue weighted by molar-refractivity contribution is 6.07. The number of fused-ring (bicyclic) bond motifs is 6. The van der Waals surface area contributed by atoms with Gasteiger partial charge in [0.1, 0.15) is 0 Å². The fourth-order valence-electron chi connectivity index (χ4n) is 11.9. The summed E-state index contributed by atoms with van der Waals surface area (Å²) in [4.78, 5) is 2.58. The highest BCUT2D eigenvalue weighted by Gasteiger charge is 2.51. The van der Waals surface area contributed by atoms with Gasteiger partial charge in [0.15, 0.2) is 0 Å². The first-order valence-corrected chi connectivity index (χ1v) is 24.8. The normalized spacial score (nSPS) is 13.4. The highest BCUT2D eigenvalue weighted by Crippen LogP contribution is 2.65. The van der Waals surface area contributed by atoms with Crippen LogP contribution in [0.4, 0.5) is 17.1 Å².